The molecule has 0 unspecified atom stereocenters. The van der Waals surface area contributed by atoms with Crippen LogP contribution in [0.5, 0.6) is 0 Å². The summed E-state index contributed by atoms with van der Waals surface area (Å²) in [5.41, 5.74) is 4.96. The molecule has 0 rings (SSSR count). The summed E-state index contributed by atoms with van der Waals surface area (Å²) >= 11 is 0. The van der Waals surface area contributed by atoms with Crippen LogP contribution in [-0.2, 0) is 19.1 Å². The van der Waals surface area contributed by atoms with Crippen molar-refractivity contribution in [2.24, 2.45) is 5.73 Å². The molecule has 8 heteroatoms. The summed E-state index contributed by atoms with van der Waals surface area (Å²) in [5.74, 6) is -0.0134. The van der Waals surface area contributed by atoms with Gasteiger partial charge in [-0.3, -0.25) is 9.59 Å². The molecule has 0 bridgehead atoms. The third-order valence-electron chi connectivity index (χ3n) is 4.72. The highest BCUT2D eigenvalue weighted by Gasteiger charge is 2.25. The average molecular weight is 434 g/mol. The van der Waals surface area contributed by atoms with Gasteiger partial charge in [0.05, 0.1) is 36.9 Å². The molecular formula is C21H44N3O4P. The van der Waals surface area contributed by atoms with Crippen molar-refractivity contribution in [3.63, 3.8) is 0 Å². The summed E-state index contributed by atoms with van der Waals surface area (Å²) < 4.78 is 11.6. The number of hydrogen-bond acceptors (Lipinski definition) is 6. The fourth-order valence-electron chi connectivity index (χ4n) is 2.88. The first-order chi connectivity index (χ1) is 13.4. The van der Waals surface area contributed by atoms with Crippen LogP contribution in [-0.4, -0.2) is 75.4 Å². The molecule has 7 nitrogen and oxygen atoms in total. The van der Waals surface area contributed by atoms with E-state index in [2.05, 4.69) is 10.6 Å². The van der Waals surface area contributed by atoms with Gasteiger partial charge in [-0.25, -0.2) is 0 Å². The van der Waals surface area contributed by atoms with E-state index in [0.717, 1.165) is 25.7 Å². The normalized spacial score (nSPS) is 13.6. The maximum Gasteiger partial charge on any atom is 0.222 e. The third kappa shape index (κ3) is 14.1. The van der Waals surface area contributed by atoms with Gasteiger partial charge in [-0.2, -0.15) is 0 Å². The van der Waals surface area contributed by atoms with Gasteiger partial charge in [0.15, 0.2) is 5.52 Å². The summed E-state index contributed by atoms with van der Waals surface area (Å²) in [6.45, 7) is 14.0. The van der Waals surface area contributed by atoms with Crippen LogP contribution in [0, 0.1) is 0 Å². The zero-order valence-corrected chi connectivity index (χ0v) is 20.5. The van der Waals surface area contributed by atoms with Crippen LogP contribution in [0.1, 0.15) is 59.8 Å². The molecule has 0 saturated heterocycles. The monoisotopic (exact) mass is 433 g/mol. The first-order valence-electron chi connectivity index (χ1n) is 10.6. The molecule has 0 aromatic carbocycles. The van der Waals surface area contributed by atoms with E-state index in [1.54, 1.807) is 0 Å². The Morgan fingerprint density at radius 1 is 1.03 bits per heavy atom. The SMILES string of the molecule is CN[C@@H](CCCCNC(=O)CC(C)(C)OCCC(C)(C)OCCN)C(=O)P(C)C. The molecule has 0 aliphatic heterocycles. The molecule has 29 heavy (non-hydrogen) atoms. The van der Waals surface area contributed by atoms with Crippen LogP contribution < -0.4 is 16.4 Å². The smallest absolute Gasteiger partial charge is 0.222 e. The predicted octanol–water partition coefficient (Wildman–Crippen LogP) is 2.46. The first kappa shape index (κ1) is 28.4. The highest BCUT2D eigenvalue weighted by atomic mass is 31.1. The number of ether oxygens (including phenoxy) is 2. The van der Waals surface area contributed by atoms with Gasteiger partial charge in [-0.05, 0) is 81.7 Å². The Morgan fingerprint density at radius 3 is 2.21 bits per heavy atom. The van der Waals surface area contributed by atoms with Gasteiger partial charge < -0.3 is 25.8 Å². The van der Waals surface area contributed by atoms with E-state index >= 15 is 0 Å². The summed E-state index contributed by atoms with van der Waals surface area (Å²) in [7, 11) is 1.26. The lowest BCUT2D eigenvalue weighted by Crippen LogP contribution is -2.37. The number of hydrogen-bond donors (Lipinski definition) is 3. The van der Waals surface area contributed by atoms with Gasteiger partial charge in [0.25, 0.3) is 0 Å². The van der Waals surface area contributed by atoms with E-state index in [9.17, 15) is 9.59 Å². The van der Waals surface area contributed by atoms with E-state index in [1.165, 1.54) is 0 Å². The second-order valence-corrected chi connectivity index (χ2v) is 11.1. The Balaban J connectivity index is 4.06. The van der Waals surface area contributed by atoms with Gasteiger partial charge in [0.2, 0.25) is 5.91 Å². The average Bonchev–Trinajstić information content (AvgIpc) is 2.61. The lowest BCUT2D eigenvalue weighted by molar-refractivity contribution is -0.128. The molecule has 0 aliphatic rings. The van der Waals surface area contributed by atoms with Crippen molar-refractivity contribution in [1.82, 2.24) is 10.6 Å². The molecule has 0 radical (unpaired) electrons. The second kappa shape index (κ2) is 14.4. The van der Waals surface area contributed by atoms with Crippen molar-refractivity contribution in [2.75, 3.05) is 46.7 Å². The number of carbonyl (C=O) groups excluding carboxylic acids is 2. The number of nitrogens with one attached hydrogen (secondary N) is 2. The Bertz CT molecular complexity index is 485. The van der Waals surface area contributed by atoms with Crippen LogP contribution in [0.2, 0.25) is 0 Å². The molecule has 0 fully saturated rings. The molecule has 4 N–H and O–H groups in total. The zero-order chi connectivity index (χ0) is 22.5. The number of amides is 1. The van der Waals surface area contributed by atoms with E-state index in [-0.39, 0.29) is 17.6 Å². The van der Waals surface area contributed by atoms with Gasteiger partial charge in [-0.15, -0.1) is 0 Å². The fraction of sp³-hybridized carbons (Fsp3) is 0.905. The lowest BCUT2D eigenvalue weighted by atomic mass is 10.0. The topological polar surface area (TPSA) is 103 Å². The quantitative estimate of drug-likeness (QED) is 0.241. The number of nitrogens with two attached hydrogens (primary N) is 1. The van der Waals surface area contributed by atoms with Crippen molar-refractivity contribution in [3.8, 4) is 0 Å². The largest absolute Gasteiger partial charge is 0.375 e. The fourth-order valence-corrected chi connectivity index (χ4v) is 3.77. The first-order valence-corrected chi connectivity index (χ1v) is 12.8. The Kier molecular flexibility index (Phi) is 14.1. The molecule has 0 aromatic heterocycles. The molecular weight excluding hydrogens is 389 g/mol. The summed E-state index contributed by atoms with van der Waals surface area (Å²) in [4.78, 5) is 24.3. The number of likely N-dealkylation sites (N-methyl/N-ethyl adjacent to an activating group) is 1. The van der Waals surface area contributed by atoms with Crippen molar-refractivity contribution in [1.29, 1.82) is 0 Å². The van der Waals surface area contributed by atoms with Gasteiger partial charge in [-0.1, -0.05) is 0 Å². The van der Waals surface area contributed by atoms with Crippen molar-refractivity contribution < 1.29 is 19.1 Å². The highest BCUT2D eigenvalue weighted by molar-refractivity contribution is 7.73. The Morgan fingerprint density at radius 2 is 1.66 bits per heavy atom. The summed E-state index contributed by atoms with van der Waals surface area (Å²) in [6.07, 6.45) is 3.61. The van der Waals surface area contributed by atoms with E-state index in [0.29, 0.717) is 38.2 Å². The molecule has 0 saturated carbocycles. The number of carbonyl (C=O) groups is 2. The molecule has 172 valence electrons. The summed E-state index contributed by atoms with van der Waals surface area (Å²) in [5, 5.41) is 6.06. The molecule has 1 atom stereocenters. The number of rotatable bonds is 17. The molecule has 1 amide bonds. The minimum atomic E-state index is -0.572. The molecule has 0 aliphatic carbocycles. The molecule has 0 aromatic rings. The Hall–Kier alpha value is -0.590. The van der Waals surface area contributed by atoms with Gasteiger partial charge >= 0.3 is 0 Å². The zero-order valence-electron chi connectivity index (χ0n) is 19.6. The van der Waals surface area contributed by atoms with Crippen molar-refractivity contribution >= 4 is 19.4 Å². The predicted molar refractivity (Wildman–Crippen MR) is 122 cm³/mol. The van der Waals surface area contributed by atoms with Gasteiger partial charge in [0.1, 0.15) is 0 Å². The van der Waals surface area contributed by atoms with E-state index < -0.39 is 13.5 Å². The summed E-state index contributed by atoms with van der Waals surface area (Å²) in [6, 6.07) is -0.0720. The van der Waals surface area contributed by atoms with Crippen LogP contribution in [0.3, 0.4) is 0 Å². The third-order valence-corrected chi connectivity index (χ3v) is 5.92. The van der Waals surface area contributed by atoms with Crippen LogP contribution in [0.4, 0.5) is 0 Å². The molecule has 0 spiro atoms. The van der Waals surface area contributed by atoms with Crippen molar-refractivity contribution in [3.05, 3.63) is 0 Å². The van der Waals surface area contributed by atoms with E-state index in [1.807, 2.05) is 48.1 Å². The standard InChI is InChI=1S/C21H44N3O4P/c1-20(2,28-15-12-22)11-14-27-21(3,4)16-18(25)24-13-9-8-10-17(23-5)19(26)29(6)7/h17,23H,8-16,22H2,1-7H3,(H,24,25)/t17-/m0/s1. The minimum absolute atomic E-state index is 0.0134. The highest BCUT2D eigenvalue weighted by Crippen LogP contribution is 2.28. The van der Waals surface area contributed by atoms with Crippen LogP contribution >= 0.6 is 7.92 Å². The lowest BCUT2D eigenvalue weighted by Gasteiger charge is -2.29. The van der Waals surface area contributed by atoms with Crippen LogP contribution in [0.15, 0.2) is 0 Å². The van der Waals surface area contributed by atoms with Crippen LogP contribution in [0.25, 0.3) is 0 Å². The van der Waals surface area contributed by atoms with E-state index in [4.69, 9.17) is 15.2 Å². The minimum Gasteiger partial charge on any atom is -0.375 e. The second-order valence-electron chi connectivity index (χ2n) is 8.85. The Labute approximate surface area is 179 Å². The maximum absolute atomic E-state index is 12.2. The number of unbranched alkanes of at least 4 members (excludes halogenated alkanes) is 1. The molecule has 0 heterocycles. The van der Waals surface area contributed by atoms with Gasteiger partial charge in [0, 0.05) is 13.1 Å². The van der Waals surface area contributed by atoms with Crippen molar-refractivity contribution in [2.45, 2.75) is 77.0 Å². The maximum atomic E-state index is 12.2.